The van der Waals surface area contributed by atoms with Crippen LogP contribution in [0.15, 0.2) is 65.7 Å². The van der Waals surface area contributed by atoms with Gasteiger partial charge in [0.1, 0.15) is 12.2 Å². The smallest absolute Gasteiger partial charge is 0.411 e. The van der Waals surface area contributed by atoms with Crippen molar-refractivity contribution >= 4 is 23.4 Å². The highest BCUT2D eigenvalue weighted by Crippen LogP contribution is 2.35. The predicted molar refractivity (Wildman–Crippen MR) is 150 cm³/mol. The van der Waals surface area contributed by atoms with Crippen molar-refractivity contribution in [1.29, 1.82) is 0 Å². The van der Waals surface area contributed by atoms with Gasteiger partial charge in [-0.2, -0.15) is 4.68 Å². The van der Waals surface area contributed by atoms with E-state index in [-0.39, 0.29) is 11.6 Å². The number of methoxy groups -OCH3 is 1. The summed E-state index contributed by atoms with van der Waals surface area (Å²) in [7, 11) is 1.32. The average Bonchev–Trinajstić information content (AvgIpc) is 3.73. The summed E-state index contributed by atoms with van der Waals surface area (Å²) in [6.07, 6.45) is 3.18. The molecule has 0 saturated heterocycles. The molecule has 6 rings (SSSR count). The van der Waals surface area contributed by atoms with E-state index in [1.165, 1.54) is 13.4 Å². The maximum absolute atomic E-state index is 13.5. The number of hydrogen-bond acceptors (Lipinski definition) is 7. The molecular formula is C28H25ClN8O3. The molecule has 1 amide bonds. The Hall–Kier alpha value is -4.77. The first-order valence-electron chi connectivity index (χ1n) is 12.8. The van der Waals surface area contributed by atoms with Crippen LogP contribution in [-0.2, 0) is 17.6 Å². The van der Waals surface area contributed by atoms with Crippen LogP contribution in [0.1, 0.15) is 36.6 Å². The zero-order valence-corrected chi connectivity index (χ0v) is 22.5. The van der Waals surface area contributed by atoms with Crippen molar-refractivity contribution in [3.8, 4) is 28.1 Å². The molecule has 1 aliphatic heterocycles. The summed E-state index contributed by atoms with van der Waals surface area (Å²) < 4.78 is 8.02. The van der Waals surface area contributed by atoms with Crippen molar-refractivity contribution in [2.24, 2.45) is 0 Å². The van der Waals surface area contributed by atoms with Crippen LogP contribution in [0.3, 0.4) is 0 Å². The summed E-state index contributed by atoms with van der Waals surface area (Å²) in [5.74, 6) is 0.745. The Morgan fingerprint density at radius 1 is 1.15 bits per heavy atom. The lowest BCUT2D eigenvalue weighted by molar-refractivity contribution is 0.187. The largest absolute Gasteiger partial charge is 0.453 e. The molecule has 0 aliphatic carbocycles. The summed E-state index contributed by atoms with van der Waals surface area (Å²) in [4.78, 5) is 33.5. The molecule has 0 spiro atoms. The number of imidazole rings is 1. The molecule has 40 heavy (non-hydrogen) atoms. The maximum Gasteiger partial charge on any atom is 0.411 e. The lowest BCUT2D eigenvalue weighted by atomic mass is 10.0. The number of aromatic amines is 1. The molecular weight excluding hydrogens is 532 g/mol. The topological polar surface area (TPSA) is 133 Å². The lowest BCUT2D eigenvalue weighted by Gasteiger charge is -2.15. The number of carbonyl (C=O) groups is 1. The molecule has 12 heteroatoms. The van der Waals surface area contributed by atoms with E-state index in [2.05, 4.69) is 37.5 Å². The molecule has 2 N–H and O–H groups in total. The van der Waals surface area contributed by atoms with Crippen LogP contribution in [0.4, 0.5) is 10.5 Å². The zero-order chi connectivity index (χ0) is 27.8. The van der Waals surface area contributed by atoms with Crippen molar-refractivity contribution in [3.05, 3.63) is 93.5 Å². The highest BCUT2D eigenvalue weighted by atomic mass is 35.5. The summed E-state index contributed by atoms with van der Waals surface area (Å²) in [5, 5.41) is 14.7. The van der Waals surface area contributed by atoms with Crippen LogP contribution in [-0.4, -0.2) is 47.9 Å². The Balaban J connectivity index is 1.34. The number of benzene rings is 2. The number of tetrazole rings is 1. The molecule has 202 valence electrons. The van der Waals surface area contributed by atoms with Gasteiger partial charge in [-0.3, -0.25) is 10.1 Å². The standard InChI is InChI=1S/C28H25ClN8O3/c1-3-22-26(16-4-7-19(8-5-16)31-28(39)40-2)33-27(32-22)24-11-9-20-12-17(13-25(38)37(20)24)21-14-18(29)6-10-23(21)36-15-30-34-35-36/h4-8,10,12-15,24H,3,9,11H2,1-2H3,(H,31,39)(H,32,33). The number of amides is 1. The number of hydrogen-bond donors (Lipinski definition) is 2. The first kappa shape index (κ1) is 25.5. The molecule has 2 aromatic carbocycles. The number of ether oxygens (including phenoxy) is 1. The summed E-state index contributed by atoms with van der Waals surface area (Å²) in [6, 6.07) is 16.3. The molecule has 0 fully saturated rings. The number of carbonyl (C=O) groups excluding carboxylic acids is 1. The van der Waals surface area contributed by atoms with Crippen LogP contribution in [0.25, 0.3) is 28.1 Å². The van der Waals surface area contributed by atoms with Crippen molar-refractivity contribution < 1.29 is 9.53 Å². The number of nitrogens with zero attached hydrogens (tertiary/aromatic N) is 6. The maximum atomic E-state index is 13.5. The van der Waals surface area contributed by atoms with Crippen molar-refractivity contribution in [1.82, 2.24) is 34.7 Å². The Kier molecular flexibility index (Phi) is 6.64. The second-order valence-electron chi connectivity index (χ2n) is 9.41. The highest BCUT2D eigenvalue weighted by molar-refractivity contribution is 6.31. The third-order valence-corrected chi connectivity index (χ3v) is 7.29. The Labute approximate surface area is 233 Å². The molecule has 0 bridgehead atoms. The van der Waals surface area contributed by atoms with Crippen molar-refractivity contribution in [2.45, 2.75) is 32.2 Å². The van der Waals surface area contributed by atoms with E-state index in [0.717, 1.165) is 64.5 Å². The molecule has 11 nitrogen and oxygen atoms in total. The van der Waals surface area contributed by atoms with Gasteiger partial charge < -0.3 is 14.3 Å². The number of pyridine rings is 1. The van der Waals surface area contributed by atoms with E-state index < -0.39 is 6.09 Å². The van der Waals surface area contributed by atoms with Crippen LogP contribution in [0.5, 0.6) is 0 Å². The highest BCUT2D eigenvalue weighted by Gasteiger charge is 2.29. The van der Waals surface area contributed by atoms with Crippen LogP contribution in [0, 0.1) is 0 Å². The third kappa shape index (κ3) is 4.64. The summed E-state index contributed by atoms with van der Waals surface area (Å²) in [5.41, 5.74) is 6.38. The molecule has 3 aromatic heterocycles. The van der Waals surface area contributed by atoms with E-state index >= 15 is 0 Å². The summed E-state index contributed by atoms with van der Waals surface area (Å²) >= 11 is 6.33. The molecule has 0 radical (unpaired) electrons. The van der Waals surface area contributed by atoms with Crippen LogP contribution < -0.4 is 10.9 Å². The van der Waals surface area contributed by atoms with E-state index in [0.29, 0.717) is 10.7 Å². The van der Waals surface area contributed by atoms with Gasteiger partial charge in [-0.05, 0) is 71.7 Å². The monoisotopic (exact) mass is 556 g/mol. The third-order valence-electron chi connectivity index (χ3n) is 7.06. The van der Waals surface area contributed by atoms with E-state index in [9.17, 15) is 9.59 Å². The number of anilines is 1. The Bertz CT molecular complexity index is 1760. The number of nitrogens with one attached hydrogen (secondary N) is 2. The van der Waals surface area contributed by atoms with Gasteiger partial charge in [0.05, 0.1) is 24.5 Å². The number of halogens is 1. The number of H-pyrrole nitrogens is 1. The summed E-state index contributed by atoms with van der Waals surface area (Å²) in [6.45, 7) is 2.06. The van der Waals surface area contributed by atoms with Gasteiger partial charge in [0, 0.05) is 39.3 Å². The number of aryl methyl sites for hydroxylation is 2. The van der Waals surface area contributed by atoms with Crippen molar-refractivity contribution in [2.75, 3.05) is 12.4 Å². The first-order chi connectivity index (χ1) is 19.4. The number of rotatable bonds is 6. The van der Waals surface area contributed by atoms with Gasteiger partial charge in [-0.1, -0.05) is 30.7 Å². The van der Waals surface area contributed by atoms with Gasteiger partial charge in [-0.25, -0.2) is 9.78 Å². The molecule has 4 heterocycles. The minimum atomic E-state index is -0.528. The minimum Gasteiger partial charge on any atom is -0.453 e. The normalized spacial score (nSPS) is 14.2. The molecule has 1 unspecified atom stereocenters. The van der Waals surface area contributed by atoms with Crippen LogP contribution >= 0.6 is 11.6 Å². The second kappa shape index (κ2) is 10.4. The fourth-order valence-electron chi connectivity index (χ4n) is 5.18. The fourth-order valence-corrected chi connectivity index (χ4v) is 5.35. The quantitative estimate of drug-likeness (QED) is 0.306. The van der Waals surface area contributed by atoms with E-state index in [1.54, 1.807) is 28.9 Å². The molecule has 1 atom stereocenters. The molecule has 1 aliphatic rings. The SMILES string of the molecule is CCc1[nH]c(C2CCc3cc(-c4cc(Cl)ccc4-n4cnnn4)cc(=O)n32)nc1-c1ccc(NC(=O)OC)cc1. The van der Waals surface area contributed by atoms with Gasteiger partial charge in [-0.15, -0.1) is 5.10 Å². The Morgan fingerprint density at radius 2 is 1.98 bits per heavy atom. The lowest BCUT2D eigenvalue weighted by Crippen LogP contribution is -2.24. The fraction of sp³-hybridized carbons (Fsp3) is 0.214. The van der Waals surface area contributed by atoms with E-state index in [4.69, 9.17) is 16.6 Å². The van der Waals surface area contributed by atoms with Gasteiger partial charge >= 0.3 is 6.09 Å². The van der Waals surface area contributed by atoms with Crippen molar-refractivity contribution in [3.63, 3.8) is 0 Å². The average molecular weight is 557 g/mol. The molecule has 0 saturated carbocycles. The number of fused-ring (bicyclic) bond motifs is 1. The number of aromatic nitrogens is 7. The zero-order valence-electron chi connectivity index (χ0n) is 21.8. The first-order valence-corrected chi connectivity index (χ1v) is 13.2. The van der Waals surface area contributed by atoms with Gasteiger partial charge in [0.2, 0.25) is 0 Å². The van der Waals surface area contributed by atoms with E-state index in [1.807, 2.05) is 34.9 Å². The predicted octanol–water partition coefficient (Wildman–Crippen LogP) is 4.81. The Morgan fingerprint density at radius 3 is 2.70 bits per heavy atom. The van der Waals surface area contributed by atoms with Gasteiger partial charge in [0.25, 0.3) is 5.56 Å². The molecule has 5 aromatic rings. The van der Waals surface area contributed by atoms with Crippen LogP contribution in [0.2, 0.25) is 5.02 Å². The van der Waals surface area contributed by atoms with Gasteiger partial charge in [0.15, 0.2) is 0 Å². The second-order valence-corrected chi connectivity index (χ2v) is 9.85. The minimum absolute atomic E-state index is 0.119.